The molecule has 1 rings (SSSR count). The summed E-state index contributed by atoms with van der Waals surface area (Å²) in [4.78, 5) is 0. The molecular formula is C12H20N2O4S2. The van der Waals surface area contributed by atoms with Gasteiger partial charge in [-0.2, -0.15) is 0 Å². The number of nitrogen functional groups attached to an aromatic ring is 1. The summed E-state index contributed by atoms with van der Waals surface area (Å²) in [6.45, 7) is 1.91. The molecule has 20 heavy (non-hydrogen) atoms. The molecule has 114 valence electrons. The number of rotatable bonds is 8. The number of hydrogen-bond acceptors (Lipinski definition) is 5. The number of sulfonamides is 1. The van der Waals surface area contributed by atoms with E-state index in [1.165, 1.54) is 0 Å². The zero-order chi connectivity index (χ0) is 15.2. The molecule has 0 heterocycles. The van der Waals surface area contributed by atoms with Crippen molar-refractivity contribution in [3.63, 3.8) is 0 Å². The summed E-state index contributed by atoms with van der Waals surface area (Å²) >= 11 is 0. The Kier molecular flexibility index (Phi) is 6.44. The van der Waals surface area contributed by atoms with E-state index in [9.17, 15) is 12.6 Å². The summed E-state index contributed by atoms with van der Waals surface area (Å²) in [7, 11) is -4.49. The predicted octanol–water partition coefficient (Wildman–Crippen LogP) is 0.334. The highest BCUT2D eigenvalue weighted by Gasteiger charge is 2.14. The summed E-state index contributed by atoms with van der Waals surface area (Å²) < 4.78 is 42.3. The van der Waals surface area contributed by atoms with Crippen LogP contribution in [-0.4, -0.2) is 43.0 Å². The average molecular weight is 320 g/mol. The molecule has 0 saturated heterocycles. The molecule has 0 aromatic heterocycles. The third-order valence-electron chi connectivity index (χ3n) is 2.64. The minimum absolute atomic E-state index is 0.0301. The van der Waals surface area contributed by atoms with Crippen LogP contribution in [0.2, 0.25) is 0 Å². The van der Waals surface area contributed by atoms with Crippen LogP contribution in [-0.2, 0) is 20.8 Å². The van der Waals surface area contributed by atoms with Crippen molar-refractivity contribution in [2.24, 2.45) is 0 Å². The van der Waals surface area contributed by atoms with Crippen LogP contribution in [0.15, 0.2) is 24.3 Å². The number of anilines is 1. The summed E-state index contributed by atoms with van der Waals surface area (Å²) in [5.74, 6) is 0.369. The number of hydrogen-bond donors (Lipinski definition) is 2. The van der Waals surface area contributed by atoms with Gasteiger partial charge >= 0.3 is 0 Å². The molecule has 1 aromatic rings. The van der Waals surface area contributed by atoms with E-state index >= 15 is 0 Å². The van der Waals surface area contributed by atoms with Crippen molar-refractivity contribution in [1.82, 2.24) is 4.72 Å². The Morgan fingerprint density at radius 1 is 1.45 bits per heavy atom. The van der Waals surface area contributed by atoms with Crippen LogP contribution < -0.4 is 15.2 Å². The third kappa shape index (κ3) is 6.36. The van der Waals surface area contributed by atoms with E-state index < -0.39 is 20.8 Å². The Bertz CT molecular complexity index is 560. The van der Waals surface area contributed by atoms with Gasteiger partial charge < -0.3 is 10.5 Å². The maximum absolute atomic E-state index is 11.7. The highest BCUT2D eigenvalue weighted by atomic mass is 32.2. The fraction of sp³-hybridized carbons (Fsp3) is 0.500. The molecule has 1 aromatic carbocycles. The fourth-order valence-corrected chi connectivity index (χ4v) is 2.68. The number of nitrogens with two attached hydrogens (primary N) is 1. The third-order valence-corrected chi connectivity index (χ3v) is 5.25. The van der Waals surface area contributed by atoms with Crippen LogP contribution >= 0.6 is 0 Å². The molecule has 0 bridgehead atoms. The maximum atomic E-state index is 11.7. The number of ether oxygens (including phenoxy) is 1. The minimum Gasteiger partial charge on any atom is -0.492 e. The second kappa shape index (κ2) is 7.61. The Balaban J connectivity index is 2.38. The first-order valence-electron chi connectivity index (χ1n) is 6.08. The molecule has 2 unspecified atom stereocenters. The van der Waals surface area contributed by atoms with Gasteiger partial charge in [-0.15, -0.1) is 0 Å². The van der Waals surface area contributed by atoms with Crippen molar-refractivity contribution in [1.29, 1.82) is 0 Å². The number of nitrogens with one attached hydrogen (secondary N) is 1. The molecule has 0 aliphatic carbocycles. The van der Waals surface area contributed by atoms with Gasteiger partial charge in [-0.3, -0.25) is 4.21 Å². The standard InChI is InChI=1S/C12H20N2O4S2/c1-10(19(2)15)9-14-20(16,17)7-6-18-12-5-3-4-11(13)8-12/h3-5,8,10,14H,6-7,9,13H2,1-2H3. The van der Waals surface area contributed by atoms with Gasteiger partial charge in [0.05, 0.1) is 5.75 Å². The molecule has 0 aliphatic rings. The smallest absolute Gasteiger partial charge is 0.214 e. The summed E-state index contributed by atoms with van der Waals surface area (Å²) in [6, 6.07) is 6.79. The van der Waals surface area contributed by atoms with E-state index in [1.54, 1.807) is 37.4 Å². The minimum atomic E-state index is -3.43. The summed E-state index contributed by atoms with van der Waals surface area (Å²) in [5.41, 5.74) is 6.14. The highest BCUT2D eigenvalue weighted by Crippen LogP contribution is 2.14. The van der Waals surface area contributed by atoms with E-state index in [2.05, 4.69) is 4.72 Å². The molecule has 0 radical (unpaired) electrons. The second-order valence-corrected chi connectivity index (χ2v) is 8.13. The molecule has 8 heteroatoms. The van der Waals surface area contributed by atoms with E-state index in [4.69, 9.17) is 10.5 Å². The molecule has 0 spiro atoms. The van der Waals surface area contributed by atoms with Crippen LogP contribution in [0.4, 0.5) is 5.69 Å². The Morgan fingerprint density at radius 3 is 2.75 bits per heavy atom. The zero-order valence-corrected chi connectivity index (χ0v) is 13.2. The van der Waals surface area contributed by atoms with E-state index in [-0.39, 0.29) is 24.2 Å². The van der Waals surface area contributed by atoms with E-state index in [0.717, 1.165) is 0 Å². The van der Waals surface area contributed by atoms with Gasteiger partial charge in [0.2, 0.25) is 10.0 Å². The predicted molar refractivity (Wildman–Crippen MR) is 81.7 cm³/mol. The molecule has 0 saturated carbocycles. The molecule has 0 amide bonds. The second-order valence-electron chi connectivity index (χ2n) is 4.40. The van der Waals surface area contributed by atoms with Crippen molar-refractivity contribution in [3.8, 4) is 5.75 Å². The number of benzene rings is 1. The molecule has 6 nitrogen and oxygen atoms in total. The monoisotopic (exact) mass is 320 g/mol. The van der Waals surface area contributed by atoms with Gasteiger partial charge in [0.1, 0.15) is 12.4 Å². The fourth-order valence-electron chi connectivity index (χ4n) is 1.31. The van der Waals surface area contributed by atoms with E-state index in [1.807, 2.05) is 0 Å². The van der Waals surface area contributed by atoms with Gasteiger partial charge in [-0.1, -0.05) is 6.07 Å². The van der Waals surface area contributed by atoms with Crippen molar-refractivity contribution in [2.75, 3.05) is 30.9 Å². The summed E-state index contributed by atoms with van der Waals surface area (Å²) in [6.07, 6.45) is 1.54. The SMILES string of the molecule is CC(CNS(=O)(=O)CCOc1cccc(N)c1)S(C)=O. The topological polar surface area (TPSA) is 98.5 Å². The lowest BCUT2D eigenvalue weighted by atomic mass is 10.3. The first-order valence-corrected chi connectivity index (χ1v) is 9.35. The largest absolute Gasteiger partial charge is 0.492 e. The van der Waals surface area contributed by atoms with Crippen LogP contribution in [0.25, 0.3) is 0 Å². The molecular weight excluding hydrogens is 300 g/mol. The lowest BCUT2D eigenvalue weighted by molar-refractivity contribution is 0.340. The first-order chi connectivity index (χ1) is 9.30. The Hall–Kier alpha value is -1.12. The van der Waals surface area contributed by atoms with Gasteiger partial charge in [0.25, 0.3) is 0 Å². The van der Waals surface area contributed by atoms with Gasteiger partial charge in [0.15, 0.2) is 0 Å². The quantitative estimate of drug-likeness (QED) is 0.673. The van der Waals surface area contributed by atoms with E-state index in [0.29, 0.717) is 11.4 Å². The lowest BCUT2D eigenvalue weighted by Crippen LogP contribution is -2.35. The molecule has 3 N–H and O–H groups in total. The van der Waals surface area contributed by atoms with Crippen molar-refractivity contribution in [2.45, 2.75) is 12.2 Å². The van der Waals surface area contributed by atoms with Crippen molar-refractivity contribution in [3.05, 3.63) is 24.3 Å². The highest BCUT2D eigenvalue weighted by molar-refractivity contribution is 7.89. The van der Waals surface area contributed by atoms with Crippen molar-refractivity contribution < 1.29 is 17.4 Å². The van der Waals surface area contributed by atoms with Gasteiger partial charge in [0, 0.05) is 40.6 Å². The Morgan fingerprint density at radius 2 is 2.15 bits per heavy atom. The zero-order valence-electron chi connectivity index (χ0n) is 11.5. The lowest BCUT2D eigenvalue weighted by Gasteiger charge is -2.11. The summed E-state index contributed by atoms with van der Waals surface area (Å²) in [5, 5.41) is -0.223. The maximum Gasteiger partial charge on any atom is 0.214 e. The van der Waals surface area contributed by atoms with Gasteiger partial charge in [-0.25, -0.2) is 13.1 Å². The molecule has 0 fully saturated rings. The van der Waals surface area contributed by atoms with Crippen LogP contribution in [0.3, 0.4) is 0 Å². The molecule has 2 atom stereocenters. The van der Waals surface area contributed by atoms with Crippen LogP contribution in [0, 0.1) is 0 Å². The average Bonchev–Trinajstić information content (AvgIpc) is 2.36. The molecule has 0 aliphatic heterocycles. The van der Waals surface area contributed by atoms with Crippen molar-refractivity contribution >= 4 is 26.5 Å². The Labute approximate surface area is 122 Å². The normalized spacial score (nSPS) is 14.7. The van der Waals surface area contributed by atoms with Crippen LogP contribution in [0.1, 0.15) is 6.92 Å². The van der Waals surface area contributed by atoms with Gasteiger partial charge in [-0.05, 0) is 19.1 Å². The van der Waals surface area contributed by atoms with Crippen LogP contribution in [0.5, 0.6) is 5.75 Å². The first kappa shape index (κ1) is 16.9.